The second kappa shape index (κ2) is 5.36. The Morgan fingerprint density at radius 3 is 2.03 bits per heavy atom. The Morgan fingerprint density at radius 2 is 1.14 bits per heavy atom. The number of benzene rings is 5. The van der Waals surface area contributed by atoms with Gasteiger partial charge in [-0.1, -0.05) is 97.1 Å². The maximum absolute atomic E-state index is 2.49. The van der Waals surface area contributed by atoms with Gasteiger partial charge in [0.05, 0.1) is 16.6 Å². The molecule has 1 heteroatoms. The van der Waals surface area contributed by atoms with Crippen molar-refractivity contribution in [2.45, 2.75) is 0 Å². The van der Waals surface area contributed by atoms with Gasteiger partial charge >= 0.3 is 0 Å². The van der Waals surface area contributed by atoms with E-state index in [4.69, 9.17) is 0 Å². The molecule has 0 saturated heterocycles. The molecule has 29 heavy (non-hydrogen) atoms. The van der Waals surface area contributed by atoms with Crippen LogP contribution in [0, 0.1) is 0 Å². The number of fused-ring (bicyclic) bond motifs is 8. The summed E-state index contributed by atoms with van der Waals surface area (Å²) < 4.78 is 2.49. The molecule has 7 aromatic rings. The van der Waals surface area contributed by atoms with Gasteiger partial charge in [0.1, 0.15) is 0 Å². The van der Waals surface area contributed by atoms with E-state index in [2.05, 4.69) is 108 Å². The maximum atomic E-state index is 2.49. The van der Waals surface area contributed by atoms with Crippen molar-refractivity contribution in [2.24, 2.45) is 0 Å². The molecule has 0 radical (unpaired) electrons. The molecule has 0 aliphatic heterocycles. The quantitative estimate of drug-likeness (QED) is 0.280. The first-order valence-corrected chi connectivity index (χ1v) is 10.1. The van der Waals surface area contributed by atoms with Gasteiger partial charge in [-0.3, -0.25) is 0 Å². The lowest BCUT2D eigenvalue weighted by Crippen LogP contribution is -1.86. The van der Waals surface area contributed by atoms with Crippen LogP contribution in [-0.2, 0) is 0 Å². The highest BCUT2D eigenvalue weighted by atomic mass is 14.9. The van der Waals surface area contributed by atoms with Crippen molar-refractivity contribution >= 4 is 48.9 Å². The van der Waals surface area contributed by atoms with Crippen LogP contribution in [0.1, 0.15) is 0 Å². The molecule has 0 atom stereocenters. The molecule has 0 fully saturated rings. The van der Waals surface area contributed by atoms with Crippen LogP contribution in [0.15, 0.2) is 103 Å². The van der Waals surface area contributed by atoms with Gasteiger partial charge in [0, 0.05) is 26.9 Å². The average molecular weight is 367 g/mol. The van der Waals surface area contributed by atoms with E-state index in [1.165, 1.54) is 60.0 Å². The highest BCUT2D eigenvalue weighted by Gasteiger charge is 2.19. The van der Waals surface area contributed by atoms with E-state index < -0.39 is 0 Å². The number of aromatic nitrogens is 1. The van der Waals surface area contributed by atoms with Gasteiger partial charge in [0.2, 0.25) is 0 Å². The number of nitrogens with zero attached hydrogens (tertiary/aromatic N) is 1. The van der Waals surface area contributed by atoms with E-state index in [0.29, 0.717) is 0 Å². The Morgan fingerprint density at radius 1 is 0.448 bits per heavy atom. The third-order valence-corrected chi connectivity index (χ3v) is 6.31. The van der Waals surface area contributed by atoms with E-state index >= 15 is 0 Å². The number of hydrogen-bond donors (Lipinski definition) is 0. The van der Waals surface area contributed by atoms with E-state index in [1.54, 1.807) is 0 Å². The molecular formula is C28H17N. The zero-order chi connectivity index (χ0) is 18.9. The molecule has 0 N–H and O–H groups in total. The van der Waals surface area contributed by atoms with Crippen LogP contribution < -0.4 is 0 Å². The van der Waals surface area contributed by atoms with Crippen molar-refractivity contribution in [2.75, 3.05) is 0 Å². The Balaban J connectivity index is 1.84. The molecule has 0 aliphatic carbocycles. The summed E-state index contributed by atoms with van der Waals surface area (Å²) in [5.41, 5.74) is 6.48. The predicted octanol–water partition coefficient (Wildman–Crippen LogP) is 7.66. The van der Waals surface area contributed by atoms with Crippen molar-refractivity contribution in [1.82, 2.24) is 4.40 Å². The maximum Gasteiger partial charge on any atom is 0.0626 e. The predicted molar refractivity (Wildman–Crippen MR) is 124 cm³/mol. The molecule has 0 bridgehead atoms. The molecule has 0 spiro atoms. The lowest BCUT2D eigenvalue weighted by molar-refractivity contribution is 1.38. The van der Waals surface area contributed by atoms with Gasteiger partial charge in [0.15, 0.2) is 0 Å². The summed E-state index contributed by atoms with van der Waals surface area (Å²) in [6.45, 7) is 0. The monoisotopic (exact) mass is 367 g/mol. The van der Waals surface area contributed by atoms with E-state index in [0.717, 1.165) is 0 Å². The standard InChI is InChI=1S/C28H17N/c1-2-8-18(9-3-1)20-12-6-10-19-16-17-24-23-14-7-13-22-21-11-4-5-15-25(21)29(27(22)23)28(24)26(19)20/h1-17H. The molecule has 134 valence electrons. The smallest absolute Gasteiger partial charge is 0.0626 e. The number of hydrogen-bond acceptors (Lipinski definition) is 0. The minimum Gasteiger partial charge on any atom is -0.307 e. The van der Waals surface area contributed by atoms with Gasteiger partial charge in [-0.25, -0.2) is 0 Å². The molecule has 1 nitrogen and oxygen atoms in total. The lowest BCUT2D eigenvalue weighted by Gasteiger charge is -2.10. The second-order valence-corrected chi connectivity index (χ2v) is 7.79. The third-order valence-electron chi connectivity index (χ3n) is 6.31. The summed E-state index contributed by atoms with van der Waals surface area (Å²) in [6.07, 6.45) is 0. The first-order valence-electron chi connectivity index (χ1n) is 10.1. The van der Waals surface area contributed by atoms with Gasteiger partial charge in [-0.15, -0.1) is 0 Å². The minimum absolute atomic E-state index is 1.26. The summed E-state index contributed by atoms with van der Waals surface area (Å²) >= 11 is 0. The largest absolute Gasteiger partial charge is 0.307 e. The van der Waals surface area contributed by atoms with Crippen molar-refractivity contribution in [3.63, 3.8) is 0 Å². The van der Waals surface area contributed by atoms with Crippen LogP contribution in [0.25, 0.3) is 60.0 Å². The summed E-state index contributed by atoms with van der Waals surface area (Å²) in [5.74, 6) is 0. The van der Waals surface area contributed by atoms with E-state index in [1.807, 2.05) is 0 Å². The topological polar surface area (TPSA) is 4.41 Å². The summed E-state index contributed by atoms with van der Waals surface area (Å²) in [6, 6.07) is 37.4. The van der Waals surface area contributed by atoms with E-state index in [-0.39, 0.29) is 0 Å². The van der Waals surface area contributed by atoms with Crippen molar-refractivity contribution < 1.29 is 0 Å². The molecule has 0 amide bonds. The summed E-state index contributed by atoms with van der Waals surface area (Å²) in [7, 11) is 0. The first kappa shape index (κ1) is 15.1. The van der Waals surface area contributed by atoms with Crippen molar-refractivity contribution in [3.8, 4) is 11.1 Å². The fraction of sp³-hybridized carbons (Fsp3) is 0. The summed E-state index contributed by atoms with van der Waals surface area (Å²) in [4.78, 5) is 0. The van der Waals surface area contributed by atoms with Crippen LogP contribution in [0.4, 0.5) is 0 Å². The molecule has 5 aromatic carbocycles. The molecule has 2 heterocycles. The Kier molecular flexibility index (Phi) is 2.80. The fourth-order valence-electron chi connectivity index (χ4n) is 5.14. The SMILES string of the molecule is c1ccc(-c2cccc3ccc4c5cccc6c7ccccc7n(c65)c4c23)cc1. The van der Waals surface area contributed by atoms with E-state index in [9.17, 15) is 0 Å². The molecule has 0 aliphatic rings. The molecule has 0 unspecified atom stereocenters. The Bertz CT molecular complexity index is 1690. The van der Waals surface area contributed by atoms with Crippen LogP contribution in [-0.4, -0.2) is 4.40 Å². The van der Waals surface area contributed by atoms with Gasteiger partial charge < -0.3 is 4.40 Å². The minimum atomic E-state index is 1.26. The third kappa shape index (κ3) is 1.85. The number of para-hydroxylation sites is 2. The second-order valence-electron chi connectivity index (χ2n) is 7.79. The Labute approximate surface area is 167 Å². The molecule has 7 rings (SSSR count). The average Bonchev–Trinajstić information content (AvgIpc) is 3.31. The van der Waals surface area contributed by atoms with Gasteiger partial charge in [-0.2, -0.15) is 0 Å². The lowest BCUT2D eigenvalue weighted by atomic mass is 9.96. The normalized spacial score (nSPS) is 12.1. The fourth-order valence-corrected chi connectivity index (χ4v) is 5.14. The van der Waals surface area contributed by atoms with Gasteiger partial charge in [0.25, 0.3) is 0 Å². The summed E-state index contributed by atoms with van der Waals surface area (Å²) in [5, 5.41) is 7.92. The first-order chi connectivity index (χ1) is 14.4. The molecule has 2 aromatic heterocycles. The zero-order valence-corrected chi connectivity index (χ0v) is 15.8. The molecule has 0 saturated carbocycles. The highest BCUT2D eigenvalue weighted by Crippen LogP contribution is 2.43. The van der Waals surface area contributed by atoms with Gasteiger partial charge in [-0.05, 0) is 22.6 Å². The Hall–Kier alpha value is -3.84. The van der Waals surface area contributed by atoms with Crippen LogP contribution in [0.2, 0.25) is 0 Å². The van der Waals surface area contributed by atoms with Crippen LogP contribution >= 0.6 is 0 Å². The zero-order valence-electron chi connectivity index (χ0n) is 15.8. The van der Waals surface area contributed by atoms with Crippen molar-refractivity contribution in [3.05, 3.63) is 103 Å². The number of rotatable bonds is 1. The van der Waals surface area contributed by atoms with Crippen molar-refractivity contribution in [1.29, 1.82) is 0 Å². The van der Waals surface area contributed by atoms with Crippen LogP contribution in [0.5, 0.6) is 0 Å². The highest BCUT2D eigenvalue weighted by molar-refractivity contribution is 6.28. The molecular weight excluding hydrogens is 350 g/mol. The van der Waals surface area contributed by atoms with Crippen LogP contribution in [0.3, 0.4) is 0 Å².